The first-order valence-electron chi connectivity index (χ1n) is 13.5. The number of fused-ring (bicyclic) bond motifs is 2. The van der Waals surface area contributed by atoms with Crippen LogP contribution in [0.5, 0.6) is 5.75 Å². The Labute approximate surface area is 237 Å². The first kappa shape index (κ1) is 25.8. The Bertz CT molecular complexity index is 1800. The maximum atomic E-state index is 12.6. The molecule has 0 aliphatic heterocycles. The van der Waals surface area contributed by atoms with Gasteiger partial charge in [0, 0.05) is 34.1 Å². The third-order valence-electron chi connectivity index (χ3n) is 7.17. The number of aromatic nitrogens is 2. The Morgan fingerprint density at radius 2 is 1.73 bits per heavy atom. The lowest BCUT2D eigenvalue weighted by Crippen LogP contribution is -2.09. The summed E-state index contributed by atoms with van der Waals surface area (Å²) in [5, 5.41) is 6.46. The van der Waals surface area contributed by atoms with Crippen LogP contribution >= 0.6 is 11.3 Å². The summed E-state index contributed by atoms with van der Waals surface area (Å²) < 4.78 is 13.8. The van der Waals surface area contributed by atoms with Crippen LogP contribution in [0, 0.1) is 6.92 Å². The largest absolute Gasteiger partial charge is 0.487 e. The molecule has 0 spiro atoms. The maximum Gasteiger partial charge on any atom is 0.310 e. The quantitative estimate of drug-likeness (QED) is 0.173. The van der Waals surface area contributed by atoms with E-state index in [0.29, 0.717) is 19.8 Å². The van der Waals surface area contributed by atoms with Crippen molar-refractivity contribution in [3.8, 4) is 16.3 Å². The van der Waals surface area contributed by atoms with Gasteiger partial charge in [0.05, 0.1) is 18.7 Å². The molecule has 0 bridgehead atoms. The Balaban J connectivity index is 1.30. The fourth-order valence-electron chi connectivity index (χ4n) is 5.17. The van der Waals surface area contributed by atoms with E-state index in [1.807, 2.05) is 42.6 Å². The molecule has 0 amide bonds. The lowest BCUT2D eigenvalue weighted by molar-refractivity contribution is -0.142. The second kappa shape index (κ2) is 11.4. The molecule has 6 heteroatoms. The van der Waals surface area contributed by atoms with Crippen molar-refractivity contribution in [1.29, 1.82) is 0 Å². The zero-order chi connectivity index (χ0) is 27.5. The molecule has 40 heavy (non-hydrogen) atoms. The zero-order valence-corrected chi connectivity index (χ0v) is 23.4. The molecular weight excluding hydrogens is 516 g/mol. The summed E-state index contributed by atoms with van der Waals surface area (Å²) in [7, 11) is 0. The van der Waals surface area contributed by atoms with Crippen LogP contribution in [-0.4, -0.2) is 22.1 Å². The highest BCUT2D eigenvalue weighted by atomic mass is 32.1. The number of hydrogen-bond acceptors (Lipinski definition) is 5. The molecule has 200 valence electrons. The van der Waals surface area contributed by atoms with Crippen molar-refractivity contribution in [2.45, 2.75) is 33.4 Å². The van der Waals surface area contributed by atoms with Gasteiger partial charge in [0.25, 0.3) is 0 Å². The Hall–Kier alpha value is -4.42. The first-order valence-corrected chi connectivity index (χ1v) is 14.3. The summed E-state index contributed by atoms with van der Waals surface area (Å²) in [5.41, 5.74) is 6.30. The molecule has 6 rings (SSSR count). The van der Waals surface area contributed by atoms with E-state index in [-0.39, 0.29) is 12.4 Å². The van der Waals surface area contributed by atoms with E-state index < -0.39 is 0 Å². The second-order valence-electron chi connectivity index (χ2n) is 9.79. The molecule has 0 N–H and O–H groups in total. The van der Waals surface area contributed by atoms with Gasteiger partial charge in [-0.2, -0.15) is 0 Å². The first-order chi connectivity index (χ1) is 19.6. The van der Waals surface area contributed by atoms with Gasteiger partial charge >= 0.3 is 5.97 Å². The molecule has 0 radical (unpaired) electrons. The molecule has 2 aromatic heterocycles. The van der Waals surface area contributed by atoms with Crippen molar-refractivity contribution < 1.29 is 14.3 Å². The Kier molecular flexibility index (Phi) is 7.34. The van der Waals surface area contributed by atoms with Gasteiger partial charge in [0.15, 0.2) is 0 Å². The van der Waals surface area contributed by atoms with Crippen molar-refractivity contribution in [2.24, 2.45) is 0 Å². The van der Waals surface area contributed by atoms with Gasteiger partial charge in [-0.3, -0.25) is 4.79 Å². The lowest BCUT2D eigenvalue weighted by Gasteiger charge is -2.11. The molecule has 0 saturated heterocycles. The molecule has 0 aliphatic carbocycles. The minimum atomic E-state index is -0.224. The highest BCUT2D eigenvalue weighted by Gasteiger charge is 2.19. The average molecular weight is 547 g/mol. The number of esters is 1. The minimum absolute atomic E-state index is 0.219. The van der Waals surface area contributed by atoms with E-state index in [4.69, 9.17) is 14.5 Å². The highest BCUT2D eigenvalue weighted by Crippen LogP contribution is 2.32. The number of thiazole rings is 1. The number of hydrogen-bond donors (Lipinski definition) is 0. The van der Waals surface area contributed by atoms with Gasteiger partial charge in [-0.1, -0.05) is 66.7 Å². The van der Waals surface area contributed by atoms with E-state index in [1.165, 1.54) is 16.3 Å². The average Bonchev–Trinajstić information content (AvgIpc) is 3.56. The van der Waals surface area contributed by atoms with Crippen LogP contribution in [0.2, 0.25) is 0 Å². The fourth-order valence-corrected chi connectivity index (χ4v) is 5.98. The third-order valence-corrected chi connectivity index (χ3v) is 8.11. The number of ether oxygens (including phenoxy) is 2. The topological polar surface area (TPSA) is 53.4 Å². The van der Waals surface area contributed by atoms with E-state index >= 15 is 0 Å². The van der Waals surface area contributed by atoms with Crippen molar-refractivity contribution in [2.75, 3.05) is 6.61 Å². The van der Waals surface area contributed by atoms with Gasteiger partial charge in [-0.25, -0.2) is 4.98 Å². The van der Waals surface area contributed by atoms with Crippen LogP contribution in [0.4, 0.5) is 0 Å². The van der Waals surface area contributed by atoms with Crippen LogP contribution < -0.4 is 4.74 Å². The van der Waals surface area contributed by atoms with Crippen molar-refractivity contribution in [3.63, 3.8) is 0 Å². The molecule has 0 fully saturated rings. The van der Waals surface area contributed by atoms with E-state index in [2.05, 4.69) is 72.2 Å². The van der Waals surface area contributed by atoms with Crippen LogP contribution in [0.3, 0.4) is 0 Å². The monoisotopic (exact) mass is 546 g/mol. The number of benzene rings is 4. The van der Waals surface area contributed by atoms with E-state index in [9.17, 15) is 4.79 Å². The van der Waals surface area contributed by atoms with Crippen molar-refractivity contribution in [3.05, 3.63) is 119 Å². The smallest absolute Gasteiger partial charge is 0.310 e. The van der Waals surface area contributed by atoms with Gasteiger partial charge in [0.2, 0.25) is 0 Å². The number of nitrogens with zero attached hydrogens (tertiary/aromatic N) is 2. The van der Waals surface area contributed by atoms with Crippen LogP contribution in [0.25, 0.3) is 32.2 Å². The number of carbonyl (C=O) groups is 1. The van der Waals surface area contributed by atoms with Crippen molar-refractivity contribution in [1.82, 2.24) is 9.55 Å². The van der Waals surface area contributed by atoms with E-state index in [1.54, 1.807) is 11.3 Å². The SMILES string of the molecule is CCOC(=O)Cc1c(C)n(Cc2ccc3ccccc3c2)c2ccc(OCc3csc(-c4ccccc4)n3)cc12. The standard InChI is InChI=1S/C34H30N2O3S/c1-3-38-33(37)19-30-23(2)36(20-24-13-14-25-9-7-8-12-27(25)17-24)32-16-15-29(18-31(30)32)39-21-28-22-40-34(35-28)26-10-5-4-6-11-26/h4-18,22H,3,19-21H2,1-2H3. The Morgan fingerprint density at radius 3 is 2.55 bits per heavy atom. The Morgan fingerprint density at radius 1 is 0.925 bits per heavy atom. The molecule has 0 unspecified atom stereocenters. The summed E-state index contributed by atoms with van der Waals surface area (Å²) in [6.45, 7) is 5.36. The van der Waals surface area contributed by atoms with Crippen molar-refractivity contribution >= 4 is 39.0 Å². The minimum Gasteiger partial charge on any atom is -0.487 e. The van der Waals surface area contributed by atoms with Gasteiger partial charge in [-0.15, -0.1) is 11.3 Å². The second-order valence-corrected chi connectivity index (χ2v) is 10.6. The summed E-state index contributed by atoms with van der Waals surface area (Å²) in [5.74, 6) is 0.521. The molecule has 0 saturated carbocycles. The predicted molar refractivity (Wildman–Crippen MR) is 162 cm³/mol. The fraction of sp³-hybridized carbons (Fsp3) is 0.176. The highest BCUT2D eigenvalue weighted by molar-refractivity contribution is 7.13. The third kappa shape index (κ3) is 5.36. The molecular formula is C34H30N2O3S. The molecule has 0 atom stereocenters. The van der Waals surface area contributed by atoms with E-state index in [0.717, 1.165) is 44.2 Å². The zero-order valence-electron chi connectivity index (χ0n) is 22.6. The number of rotatable bonds is 9. The number of carbonyl (C=O) groups excluding carboxylic acids is 1. The van der Waals surface area contributed by atoms with Crippen LogP contribution in [0.15, 0.2) is 96.4 Å². The molecule has 6 aromatic rings. The molecule has 5 nitrogen and oxygen atoms in total. The summed E-state index contributed by atoms with van der Waals surface area (Å²) in [6.07, 6.45) is 0.219. The maximum absolute atomic E-state index is 12.6. The van der Waals surface area contributed by atoms with Crippen LogP contribution in [-0.2, 0) is 29.1 Å². The normalized spacial score (nSPS) is 11.2. The molecule has 4 aromatic carbocycles. The van der Waals surface area contributed by atoms with Gasteiger partial charge in [0.1, 0.15) is 17.4 Å². The summed E-state index contributed by atoms with van der Waals surface area (Å²) >= 11 is 1.62. The van der Waals surface area contributed by atoms with Gasteiger partial charge < -0.3 is 14.0 Å². The van der Waals surface area contributed by atoms with Gasteiger partial charge in [-0.05, 0) is 60.0 Å². The lowest BCUT2D eigenvalue weighted by atomic mass is 10.1. The predicted octanol–water partition coefficient (Wildman–Crippen LogP) is 7.96. The molecule has 2 heterocycles. The summed E-state index contributed by atoms with van der Waals surface area (Å²) in [6, 6.07) is 31.3. The molecule has 0 aliphatic rings. The summed E-state index contributed by atoms with van der Waals surface area (Å²) in [4.78, 5) is 17.3. The van der Waals surface area contributed by atoms with Crippen LogP contribution in [0.1, 0.15) is 29.4 Å².